The van der Waals surface area contributed by atoms with Crippen LogP contribution in [0.3, 0.4) is 0 Å². The van der Waals surface area contributed by atoms with Crippen LogP contribution in [0.4, 0.5) is 5.69 Å². The van der Waals surface area contributed by atoms with Crippen LogP contribution in [0.25, 0.3) is 0 Å². The van der Waals surface area contributed by atoms with Gasteiger partial charge in [-0.15, -0.1) is 0 Å². The summed E-state index contributed by atoms with van der Waals surface area (Å²) in [4.78, 5) is 8.84. The molecule has 0 saturated carbocycles. The minimum absolute atomic E-state index is 0.328. The van der Waals surface area contributed by atoms with Gasteiger partial charge in [-0.05, 0) is 29.8 Å². The molecule has 0 saturated heterocycles. The Bertz CT molecular complexity index is 679. The van der Waals surface area contributed by atoms with Crippen LogP contribution in [0, 0.1) is 0 Å². The number of guanidine groups is 2. The maximum Gasteiger partial charge on any atom is 0.205 e. The summed E-state index contributed by atoms with van der Waals surface area (Å²) in [5.41, 5.74) is 7.76. The van der Waals surface area contributed by atoms with E-state index in [0.29, 0.717) is 11.9 Å². The lowest BCUT2D eigenvalue weighted by Crippen LogP contribution is -2.43. The lowest BCUT2D eigenvalue weighted by atomic mass is 10.2. The third kappa shape index (κ3) is 3.41. The maximum atomic E-state index is 5.84. The number of nitrogens with two attached hydrogens (primary N) is 1. The Labute approximate surface area is 131 Å². The molecule has 0 bridgehead atoms. The molecule has 2 aromatic carbocycles. The molecule has 3 rings (SSSR count). The number of nitrogens with one attached hydrogen (secondary N) is 2. The van der Waals surface area contributed by atoms with Crippen molar-refractivity contribution in [3.05, 3.63) is 64.6 Å². The summed E-state index contributed by atoms with van der Waals surface area (Å²) in [7, 11) is 0. The molecule has 21 heavy (non-hydrogen) atoms. The minimum atomic E-state index is -0.328. The molecule has 0 unspecified atom stereocenters. The predicted octanol–water partition coefficient (Wildman–Crippen LogP) is 2.83. The second-order valence-corrected chi connectivity index (χ2v) is 5.45. The Morgan fingerprint density at radius 2 is 1.71 bits per heavy atom. The van der Waals surface area contributed by atoms with Crippen molar-refractivity contribution in [2.45, 2.75) is 6.17 Å². The van der Waals surface area contributed by atoms with E-state index >= 15 is 0 Å². The van der Waals surface area contributed by atoms with Gasteiger partial charge in [-0.1, -0.05) is 46.3 Å². The third-order valence-corrected chi connectivity index (χ3v) is 3.49. The lowest BCUT2D eigenvalue weighted by Gasteiger charge is -2.20. The fourth-order valence-electron chi connectivity index (χ4n) is 1.98. The summed E-state index contributed by atoms with van der Waals surface area (Å²) >= 11 is 3.41. The Morgan fingerprint density at radius 3 is 2.43 bits per heavy atom. The molecule has 0 spiro atoms. The van der Waals surface area contributed by atoms with Crippen LogP contribution in [-0.4, -0.2) is 11.9 Å². The standard InChI is InChI=1S/C15H14BrN5/c16-11-6-8-12(9-7-11)18-15-20-13(19-14(17)21-15)10-4-2-1-3-5-10/h1-9,13H,(H4,17,18,19,20,21)/t13-/m0/s1. The second-order valence-electron chi connectivity index (χ2n) is 4.53. The van der Waals surface area contributed by atoms with Gasteiger partial charge >= 0.3 is 0 Å². The van der Waals surface area contributed by atoms with Crippen molar-refractivity contribution in [2.24, 2.45) is 15.7 Å². The Hall–Kier alpha value is -2.34. The van der Waals surface area contributed by atoms with Crippen molar-refractivity contribution < 1.29 is 0 Å². The molecule has 5 nitrogen and oxygen atoms in total. The molecule has 1 atom stereocenters. The third-order valence-electron chi connectivity index (χ3n) is 2.96. The molecule has 0 aromatic heterocycles. The molecule has 106 valence electrons. The predicted molar refractivity (Wildman–Crippen MR) is 89.1 cm³/mol. The highest BCUT2D eigenvalue weighted by Gasteiger charge is 2.16. The zero-order valence-electron chi connectivity index (χ0n) is 11.1. The van der Waals surface area contributed by atoms with E-state index in [-0.39, 0.29) is 6.17 Å². The normalized spacial score (nSPS) is 17.5. The van der Waals surface area contributed by atoms with Gasteiger partial charge in [-0.3, -0.25) is 5.32 Å². The van der Waals surface area contributed by atoms with E-state index in [2.05, 4.69) is 36.5 Å². The largest absolute Gasteiger partial charge is 0.370 e. The molecule has 2 aromatic rings. The van der Waals surface area contributed by atoms with Gasteiger partial charge in [0.15, 0.2) is 12.1 Å². The topological polar surface area (TPSA) is 74.8 Å². The average Bonchev–Trinajstić information content (AvgIpc) is 2.50. The van der Waals surface area contributed by atoms with Crippen molar-refractivity contribution >= 4 is 33.5 Å². The van der Waals surface area contributed by atoms with E-state index < -0.39 is 0 Å². The molecule has 6 heteroatoms. The van der Waals surface area contributed by atoms with Gasteiger partial charge in [0.05, 0.1) is 0 Å². The summed E-state index contributed by atoms with van der Waals surface area (Å²) in [5.74, 6) is 0.928. The molecule has 1 aliphatic rings. The van der Waals surface area contributed by atoms with Crippen LogP contribution in [-0.2, 0) is 0 Å². The maximum absolute atomic E-state index is 5.84. The fraction of sp³-hybridized carbons (Fsp3) is 0.0667. The van der Waals surface area contributed by atoms with Crippen molar-refractivity contribution in [3.63, 3.8) is 0 Å². The molecule has 0 radical (unpaired) electrons. The van der Waals surface area contributed by atoms with Crippen LogP contribution in [0.2, 0.25) is 0 Å². The van der Waals surface area contributed by atoms with Gasteiger partial charge in [0.1, 0.15) is 0 Å². The number of rotatable bonds is 2. The Morgan fingerprint density at radius 1 is 1.00 bits per heavy atom. The molecule has 4 N–H and O–H groups in total. The summed E-state index contributed by atoms with van der Waals surface area (Å²) in [6.45, 7) is 0. The number of aliphatic imine (C=N–C) groups is 2. The quantitative estimate of drug-likeness (QED) is 0.784. The molecule has 0 amide bonds. The number of anilines is 1. The van der Waals surface area contributed by atoms with Crippen LogP contribution < -0.4 is 16.4 Å². The van der Waals surface area contributed by atoms with Gasteiger partial charge in [-0.2, -0.15) is 0 Å². The zero-order chi connectivity index (χ0) is 14.7. The molecule has 0 fully saturated rings. The minimum Gasteiger partial charge on any atom is -0.370 e. The summed E-state index contributed by atoms with van der Waals surface area (Å²) in [5, 5.41) is 6.13. The zero-order valence-corrected chi connectivity index (χ0v) is 12.7. The Kier molecular flexibility index (Phi) is 3.87. The number of hydrogen-bond acceptors (Lipinski definition) is 5. The van der Waals surface area contributed by atoms with Crippen LogP contribution >= 0.6 is 15.9 Å². The summed E-state index contributed by atoms with van der Waals surface area (Å²) in [6.07, 6.45) is -0.328. The van der Waals surface area contributed by atoms with E-state index in [1.807, 2.05) is 54.6 Å². The van der Waals surface area contributed by atoms with Crippen LogP contribution in [0.15, 0.2) is 69.1 Å². The Balaban J connectivity index is 1.82. The van der Waals surface area contributed by atoms with E-state index in [0.717, 1.165) is 15.7 Å². The SMILES string of the molecule is NC1=N[C@H](c2ccccc2)N=C(Nc2ccc(Br)cc2)N1. The van der Waals surface area contributed by atoms with Gasteiger partial charge in [0.2, 0.25) is 5.96 Å². The fourth-order valence-corrected chi connectivity index (χ4v) is 2.24. The van der Waals surface area contributed by atoms with Gasteiger partial charge in [0, 0.05) is 10.2 Å². The van der Waals surface area contributed by atoms with E-state index in [1.165, 1.54) is 0 Å². The number of nitrogens with zero attached hydrogens (tertiary/aromatic N) is 2. The van der Waals surface area contributed by atoms with E-state index in [1.54, 1.807) is 0 Å². The molecular weight excluding hydrogens is 330 g/mol. The number of benzene rings is 2. The second kappa shape index (κ2) is 5.97. The van der Waals surface area contributed by atoms with Crippen molar-refractivity contribution in [1.82, 2.24) is 5.32 Å². The molecule has 1 heterocycles. The first kappa shape index (κ1) is 13.6. The number of halogens is 1. The highest BCUT2D eigenvalue weighted by Crippen LogP contribution is 2.21. The first-order valence-corrected chi connectivity index (χ1v) is 7.25. The van der Waals surface area contributed by atoms with Crippen molar-refractivity contribution in [3.8, 4) is 0 Å². The van der Waals surface area contributed by atoms with Crippen LogP contribution in [0.1, 0.15) is 11.7 Å². The van der Waals surface area contributed by atoms with Crippen molar-refractivity contribution in [1.29, 1.82) is 0 Å². The van der Waals surface area contributed by atoms with Gasteiger partial charge < -0.3 is 11.1 Å². The van der Waals surface area contributed by atoms with E-state index in [4.69, 9.17) is 5.73 Å². The van der Waals surface area contributed by atoms with Crippen molar-refractivity contribution in [2.75, 3.05) is 5.32 Å². The highest BCUT2D eigenvalue weighted by atomic mass is 79.9. The summed E-state index contributed by atoms with van der Waals surface area (Å²) < 4.78 is 1.02. The van der Waals surface area contributed by atoms with Gasteiger partial charge in [-0.25, -0.2) is 9.98 Å². The first-order chi connectivity index (χ1) is 10.2. The first-order valence-electron chi connectivity index (χ1n) is 6.46. The number of hydrogen-bond donors (Lipinski definition) is 3. The van der Waals surface area contributed by atoms with Crippen LogP contribution in [0.5, 0.6) is 0 Å². The molecule has 1 aliphatic heterocycles. The average molecular weight is 344 g/mol. The molecular formula is C15H14BrN5. The lowest BCUT2D eigenvalue weighted by molar-refractivity contribution is 0.751. The van der Waals surface area contributed by atoms with E-state index in [9.17, 15) is 0 Å². The smallest absolute Gasteiger partial charge is 0.205 e. The molecule has 0 aliphatic carbocycles. The highest BCUT2D eigenvalue weighted by molar-refractivity contribution is 9.10. The summed E-state index contributed by atoms with van der Waals surface area (Å²) in [6, 6.07) is 17.7. The monoisotopic (exact) mass is 343 g/mol. The van der Waals surface area contributed by atoms with Gasteiger partial charge in [0.25, 0.3) is 0 Å².